The lowest BCUT2D eigenvalue weighted by atomic mass is 9.80. The molecule has 0 saturated carbocycles. The Labute approximate surface area is 155 Å². The van der Waals surface area contributed by atoms with Gasteiger partial charge in [-0.25, -0.2) is 0 Å². The van der Waals surface area contributed by atoms with Crippen LogP contribution in [-0.2, 0) is 25.7 Å². The maximum atomic E-state index is 10.2. The van der Waals surface area contributed by atoms with Crippen molar-refractivity contribution in [2.24, 2.45) is 0 Å². The summed E-state index contributed by atoms with van der Waals surface area (Å²) in [6, 6.07) is 8.69. The van der Waals surface area contributed by atoms with Crippen LogP contribution in [0.2, 0.25) is 0 Å². The molecule has 3 heteroatoms. The van der Waals surface area contributed by atoms with Crippen molar-refractivity contribution >= 4 is 0 Å². The lowest BCUT2D eigenvalue weighted by Crippen LogP contribution is -2.24. The minimum absolute atomic E-state index is 0.280. The summed E-state index contributed by atoms with van der Waals surface area (Å²) in [5, 5.41) is 10.2. The van der Waals surface area contributed by atoms with E-state index in [-0.39, 0.29) is 13.2 Å². The zero-order valence-corrected chi connectivity index (χ0v) is 15.2. The van der Waals surface area contributed by atoms with E-state index < -0.39 is 6.10 Å². The van der Waals surface area contributed by atoms with E-state index in [4.69, 9.17) is 9.47 Å². The van der Waals surface area contributed by atoms with Crippen molar-refractivity contribution in [3.63, 3.8) is 0 Å². The molecular formula is C23H26O3. The van der Waals surface area contributed by atoms with Gasteiger partial charge in [0, 0.05) is 11.1 Å². The first kappa shape index (κ1) is 16.2. The number of rotatable bonds is 0. The molecule has 0 radical (unpaired) electrons. The predicted molar refractivity (Wildman–Crippen MR) is 102 cm³/mol. The largest absolute Gasteiger partial charge is 0.490 e. The zero-order valence-electron chi connectivity index (χ0n) is 15.2. The summed E-state index contributed by atoms with van der Waals surface area (Å²) in [5.74, 6) is 1.82. The third-order valence-electron chi connectivity index (χ3n) is 6.10. The van der Waals surface area contributed by atoms with Crippen molar-refractivity contribution in [2.45, 2.75) is 57.5 Å². The second kappa shape index (κ2) is 6.62. The third kappa shape index (κ3) is 2.69. The van der Waals surface area contributed by atoms with Gasteiger partial charge in [0.25, 0.3) is 0 Å². The van der Waals surface area contributed by atoms with E-state index >= 15 is 0 Å². The summed E-state index contributed by atoms with van der Waals surface area (Å²) in [4.78, 5) is 0. The molecule has 1 aliphatic heterocycles. The molecule has 0 unspecified atom stereocenters. The highest BCUT2D eigenvalue weighted by atomic mass is 16.5. The molecule has 3 aliphatic rings. The van der Waals surface area contributed by atoms with Crippen LogP contribution in [0, 0.1) is 0 Å². The Morgan fingerprint density at radius 3 is 1.62 bits per heavy atom. The molecule has 3 nitrogen and oxygen atoms in total. The molecule has 0 aromatic heterocycles. The number of hydrogen-bond acceptors (Lipinski definition) is 3. The molecule has 5 rings (SSSR count). The number of fused-ring (bicyclic) bond motifs is 7. The lowest BCUT2D eigenvalue weighted by molar-refractivity contribution is 0.0643. The van der Waals surface area contributed by atoms with Crippen molar-refractivity contribution in [1.82, 2.24) is 0 Å². The van der Waals surface area contributed by atoms with Gasteiger partial charge in [0.05, 0.1) is 0 Å². The first-order valence-corrected chi connectivity index (χ1v) is 10.0. The van der Waals surface area contributed by atoms with E-state index in [1.54, 1.807) is 0 Å². The number of aryl methyl sites for hydroxylation is 2. The maximum absolute atomic E-state index is 10.2. The van der Waals surface area contributed by atoms with Gasteiger partial charge in [0.2, 0.25) is 0 Å². The van der Waals surface area contributed by atoms with Crippen LogP contribution in [0.25, 0.3) is 11.1 Å². The molecule has 0 fully saturated rings. The lowest BCUT2D eigenvalue weighted by Gasteiger charge is -2.27. The second-order valence-corrected chi connectivity index (χ2v) is 7.84. The van der Waals surface area contributed by atoms with E-state index in [2.05, 4.69) is 24.3 Å². The zero-order chi connectivity index (χ0) is 17.5. The van der Waals surface area contributed by atoms with Crippen LogP contribution < -0.4 is 9.47 Å². The summed E-state index contributed by atoms with van der Waals surface area (Å²) in [6.07, 6.45) is 8.90. The van der Waals surface area contributed by atoms with Gasteiger partial charge in [0.1, 0.15) is 30.8 Å². The molecule has 26 heavy (non-hydrogen) atoms. The highest BCUT2D eigenvalue weighted by Crippen LogP contribution is 2.47. The topological polar surface area (TPSA) is 38.7 Å². The van der Waals surface area contributed by atoms with Gasteiger partial charge in [-0.15, -0.1) is 0 Å². The molecule has 0 amide bonds. The Morgan fingerprint density at radius 1 is 0.654 bits per heavy atom. The van der Waals surface area contributed by atoms with Crippen LogP contribution in [0.1, 0.15) is 47.9 Å². The Morgan fingerprint density at radius 2 is 1.12 bits per heavy atom. The highest BCUT2D eigenvalue weighted by molar-refractivity contribution is 5.83. The van der Waals surface area contributed by atoms with Gasteiger partial charge in [-0.1, -0.05) is 12.1 Å². The Kier molecular flexibility index (Phi) is 4.12. The second-order valence-electron chi connectivity index (χ2n) is 7.84. The first-order chi connectivity index (χ1) is 12.8. The van der Waals surface area contributed by atoms with Crippen LogP contribution in [0.15, 0.2) is 24.3 Å². The van der Waals surface area contributed by atoms with Crippen molar-refractivity contribution < 1.29 is 14.6 Å². The SMILES string of the molecule is OC1COc2ccc3c(c2-c2c(ccc4c2CCCC4)OC1)CCCC3. The predicted octanol–water partition coefficient (Wildman–Crippen LogP) is 4.24. The summed E-state index contributed by atoms with van der Waals surface area (Å²) in [5.41, 5.74) is 8.27. The van der Waals surface area contributed by atoms with E-state index in [1.165, 1.54) is 59.1 Å². The van der Waals surface area contributed by atoms with Gasteiger partial charge in [-0.05, 0) is 85.8 Å². The van der Waals surface area contributed by atoms with Crippen molar-refractivity contribution in [3.05, 3.63) is 46.5 Å². The summed E-state index contributed by atoms with van der Waals surface area (Å²) >= 11 is 0. The van der Waals surface area contributed by atoms with Crippen LogP contribution >= 0.6 is 0 Å². The minimum atomic E-state index is -0.610. The average Bonchev–Trinajstić information content (AvgIpc) is 2.76. The van der Waals surface area contributed by atoms with Crippen molar-refractivity contribution in [3.8, 4) is 22.6 Å². The molecule has 0 saturated heterocycles. The van der Waals surface area contributed by atoms with Gasteiger partial charge in [-0.2, -0.15) is 0 Å². The monoisotopic (exact) mass is 350 g/mol. The fourth-order valence-corrected chi connectivity index (χ4v) is 4.82. The number of benzene rings is 2. The van der Waals surface area contributed by atoms with E-state index in [0.717, 1.165) is 37.2 Å². The van der Waals surface area contributed by atoms with Crippen LogP contribution in [0.5, 0.6) is 11.5 Å². The number of ether oxygens (including phenoxy) is 2. The normalized spacial score (nSPS) is 19.4. The van der Waals surface area contributed by atoms with Crippen molar-refractivity contribution in [1.29, 1.82) is 0 Å². The Hall–Kier alpha value is -2.00. The smallest absolute Gasteiger partial charge is 0.127 e. The Balaban J connectivity index is 1.80. The summed E-state index contributed by atoms with van der Waals surface area (Å²) in [7, 11) is 0. The molecule has 2 aliphatic carbocycles. The number of hydrogen-bond donors (Lipinski definition) is 1. The van der Waals surface area contributed by atoms with Crippen LogP contribution in [0.4, 0.5) is 0 Å². The fourth-order valence-electron chi connectivity index (χ4n) is 4.82. The van der Waals surface area contributed by atoms with E-state index in [0.29, 0.717) is 0 Å². The quantitative estimate of drug-likeness (QED) is 0.772. The highest BCUT2D eigenvalue weighted by Gasteiger charge is 2.27. The standard InChI is InChI=1S/C23H26O3/c24-17-13-25-20-11-9-15-5-1-3-7-18(15)22(20)23-19-8-4-2-6-16(19)10-12-21(23)26-14-17/h9-12,17,24H,1-8,13-14H2. The van der Waals surface area contributed by atoms with Gasteiger partial charge in [0.15, 0.2) is 0 Å². The van der Waals surface area contributed by atoms with Crippen molar-refractivity contribution in [2.75, 3.05) is 13.2 Å². The molecule has 2 aromatic carbocycles. The van der Waals surface area contributed by atoms with Gasteiger partial charge in [-0.3, -0.25) is 0 Å². The van der Waals surface area contributed by atoms with E-state index in [1.807, 2.05) is 0 Å². The van der Waals surface area contributed by atoms with Crippen LogP contribution in [-0.4, -0.2) is 24.4 Å². The minimum Gasteiger partial charge on any atom is -0.490 e. The summed E-state index contributed by atoms with van der Waals surface area (Å²) < 4.78 is 12.2. The number of aliphatic hydroxyl groups is 1. The third-order valence-corrected chi connectivity index (χ3v) is 6.10. The molecule has 0 spiro atoms. The molecule has 2 aromatic rings. The number of aliphatic hydroxyl groups excluding tert-OH is 1. The molecule has 0 bridgehead atoms. The van der Waals surface area contributed by atoms with Crippen LogP contribution in [0.3, 0.4) is 0 Å². The fraction of sp³-hybridized carbons (Fsp3) is 0.478. The molecule has 1 heterocycles. The molecular weight excluding hydrogens is 324 g/mol. The van der Waals surface area contributed by atoms with Gasteiger partial charge < -0.3 is 14.6 Å². The average molecular weight is 350 g/mol. The Bertz CT molecular complexity index is 770. The van der Waals surface area contributed by atoms with Gasteiger partial charge >= 0.3 is 0 Å². The first-order valence-electron chi connectivity index (χ1n) is 10.0. The summed E-state index contributed by atoms with van der Waals surface area (Å²) in [6.45, 7) is 0.559. The maximum Gasteiger partial charge on any atom is 0.127 e. The molecule has 136 valence electrons. The molecule has 1 N–H and O–H groups in total. The van der Waals surface area contributed by atoms with E-state index in [9.17, 15) is 5.11 Å². The molecule has 0 atom stereocenters.